The van der Waals surface area contributed by atoms with Crippen LogP contribution in [0.15, 0.2) is 29.2 Å². The Kier molecular flexibility index (Phi) is 2.31. The van der Waals surface area contributed by atoms with Crippen molar-refractivity contribution in [2.45, 2.75) is 29.4 Å². The van der Waals surface area contributed by atoms with Crippen LogP contribution in [-0.2, 0) is 14.6 Å². The molecule has 2 rings (SSSR count). The molecule has 5 heteroatoms. The lowest BCUT2D eigenvalue weighted by molar-refractivity contribution is -0.137. The number of sulfone groups is 1. The topological polar surface area (TPSA) is 71.4 Å². The second-order valence-corrected chi connectivity index (χ2v) is 6.30. The predicted octanol–water partition coefficient (Wildman–Crippen LogP) is 1.39. The lowest BCUT2D eigenvalue weighted by atomic mass is 10.2. The van der Waals surface area contributed by atoms with E-state index in [1.807, 2.05) is 0 Å². The van der Waals surface area contributed by atoms with Crippen LogP contribution in [0, 0.1) is 6.92 Å². The van der Waals surface area contributed by atoms with E-state index >= 15 is 0 Å². The molecule has 0 aromatic heterocycles. The summed E-state index contributed by atoms with van der Waals surface area (Å²) >= 11 is 0. The first-order chi connectivity index (χ1) is 7.42. The van der Waals surface area contributed by atoms with Crippen LogP contribution in [0.2, 0.25) is 0 Å². The third kappa shape index (κ3) is 1.35. The molecule has 86 valence electrons. The third-order valence-electron chi connectivity index (χ3n) is 2.99. The van der Waals surface area contributed by atoms with Gasteiger partial charge in [-0.05, 0) is 31.4 Å². The van der Waals surface area contributed by atoms with E-state index in [1.165, 1.54) is 6.07 Å². The maximum atomic E-state index is 12.2. The van der Waals surface area contributed by atoms with Crippen molar-refractivity contribution in [2.75, 3.05) is 0 Å². The van der Waals surface area contributed by atoms with Gasteiger partial charge in [-0.2, -0.15) is 0 Å². The highest BCUT2D eigenvalue weighted by Crippen LogP contribution is 2.47. The van der Waals surface area contributed by atoms with Gasteiger partial charge in [-0.15, -0.1) is 0 Å². The van der Waals surface area contributed by atoms with E-state index in [0.29, 0.717) is 5.56 Å². The maximum absolute atomic E-state index is 12.2. The predicted molar refractivity (Wildman–Crippen MR) is 58.0 cm³/mol. The molecule has 1 N–H and O–H groups in total. The lowest BCUT2D eigenvalue weighted by Gasteiger charge is -2.13. The molecular weight excluding hydrogens is 228 g/mol. The largest absolute Gasteiger partial charge is 0.480 e. The lowest BCUT2D eigenvalue weighted by Crippen LogP contribution is -2.32. The van der Waals surface area contributed by atoms with E-state index in [1.54, 1.807) is 25.1 Å². The van der Waals surface area contributed by atoms with Gasteiger partial charge in [0, 0.05) is 0 Å². The molecule has 0 bridgehead atoms. The van der Waals surface area contributed by atoms with Crippen molar-refractivity contribution in [1.82, 2.24) is 0 Å². The molecule has 16 heavy (non-hydrogen) atoms. The van der Waals surface area contributed by atoms with Crippen molar-refractivity contribution in [3.05, 3.63) is 29.8 Å². The van der Waals surface area contributed by atoms with Crippen molar-refractivity contribution in [3.8, 4) is 0 Å². The van der Waals surface area contributed by atoms with Crippen LogP contribution in [0.1, 0.15) is 18.4 Å². The van der Waals surface area contributed by atoms with E-state index in [9.17, 15) is 13.2 Å². The zero-order valence-corrected chi connectivity index (χ0v) is 9.62. The van der Waals surface area contributed by atoms with Gasteiger partial charge in [0.15, 0.2) is 14.6 Å². The summed E-state index contributed by atoms with van der Waals surface area (Å²) in [7, 11) is -3.76. The van der Waals surface area contributed by atoms with Crippen molar-refractivity contribution in [2.24, 2.45) is 0 Å². The minimum Gasteiger partial charge on any atom is -0.480 e. The Hall–Kier alpha value is -1.36. The molecule has 0 heterocycles. The second-order valence-electron chi connectivity index (χ2n) is 4.07. The Balaban J connectivity index is 2.57. The van der Waals surface area contributed by atoms with Crippen molar-refractivity contribution in [1.29, 1.82) is 0 Å². The fourth-order valence-corrected chi connectivity index (χ4v) is 3.82. The summed E-state index contributed by atoms with van der Waals surface area (Å²) in [6, 6.07) is 6.48. The number of hydrogen-bond donors (Lipinski definition) is 1. The third-order valence-corrected chi connectivity index (χ3v) is 5.64. The summed E-state index contributed by atoms with van der Waals surface area (Å²) in [6.07, 6.45) is 0.415. The monoisotopic (exact) mass is 240 g/mol. The van der Waals surface area contributed by atoms with E-state index in [4.69, 9.17) is 5.11 Å². The van der Waals surface area contributed by atoms with E-state index < -0.39 is 20.6 Å². The molecule has 0 saturated heterocycles. The number of rotatable bonds is 3. The molecule has 1 aliphatic carbocycles. The highest BCUT2D eigenvalue weighted by atomic mass is 32.2. The van der Waals surface area contributed by atoms with Gasteiger partial charge in [-0.25, -0.2) is 8.42 Å². The molecule has 0 atom stereocenters. The number of hydrogen-bond acceptors (Lipinski definition) is 3. The van der Waals surface area contributed by atoms with Gasteiger partial charge in [0.1, 0.15) is 0 Å². The summed E-state index contributed by atoms with van der Waals surface area (Å²) in [5, 5.41) is 9.01. The summed E-state index contributed by atoms with van der Waals surface area (Å²) in [6.45, 7) is 1.67. The number of aryl methyl sites for hydroxylation is 1. The number of carbonyl (C=O) groups is 1. The van der Waals surface area contributed by atoms with Gasteiger partial charge in [-0.3, -0.25) is 4.79 Å². The van der Waals surface area contributed by atoms with Crippen LogP contribution < -0.4 is 0 Å². The first-order valence-electron chi connectivity index (χ1n) is 4.95. The first-order valence-corrected chi connectivity index (χ1v) is 6.44. The minimum atomic E-state index is -3.76. The average molecular weight is 240 g/mol. The standard InChI is InChI=1S/C11H12O4S/c1-8-4-2-3-5-9(8)16(14,15)11(6-7-11)10(12)13/h2-5H,6-7H2,1H3,(H,12,13). The van der Waals surface area contributed by atoms with Crippen LogP contribution in [0.4, 0.5) is 0 Å². The molecule has 1 aromatic carbocycles. The summed E-state index contributed by atoms with van der Waals surface area (Å²) < 4.78 is 22.8. The Bertz CT molecular complexity index is 541. The van der Waals surface area contributed by atoms with E-state index in [-0.39, 0.29) is 17.7 Å². The normalized spacial score (nSPS) is 18.1. The van der Waals surface area contributed by atoms with Crippen LogP contribution >= 0.6 is 0 Å². The summed E-state index contributed by atoms with van der Waals surface area (Å²) in [5.74, 6) is -1.24. The average Bonchev–Trinajstić information content (AvgIpc) is 2.98. The zero-order valence-electron chi connectivity index (χ0n) is 8.80. The summed E-state index contributed by atoms with van der Waals surface area (Å²) in [5.41, 5.74) is 0.593. The molecule has 1 aliphatic rings. The van der Waals surface area contributed by atoms with Crippen molar-refractivity contribution in [3.63, 3.8) is 0 Å². The molecule has 1 aromatic rings. The van der Waals surface area contributed by atoms with Gasteiger partial charge in [0.05, 0.1) is 4.90 Å². The molecular formula is C11H12O4S. The van der Waals surface area contributed by atoms with Gasteiger partial charge < -0.3 is 5.11 Å². The van der Waals surface area contributed by atoms with Crippen LogP contribution in [0.25, 0.3) is 0 Å². The van der Waals surface area contributed by atoms with Crippen molar-refractivity contribution < 1.29 is 18.3 Å². The molecule has 0 unspecified atom stereocenters. The molecule has 4 nitrogen and oxygen atoms in total. The Morgan fingerprint density at radius 2 is 1.88 bits per heavy atom. The number of benzene rings is 1. The Labute approximate surface area is 93.8 Å². The second kappa shape index (κ2) is 3.31. The first kappa shape index (κ1) is 11.1. The number of aliphatic carboxylic acids is 1. The van der Waals surface area contributed by atoms with Crippen LogP contribution in [0.3, 0.4) is 0 Å². The summed E-state index contributed by atoms with van der Waals surface area (Å²) in [4.78, 5) is 11.2. The van der Waals surface area contributed by atoms with E-state index in [2.05, 4.69) is 0 Å². The van der Waals surface area contributed by atoms with Gasteiger partial charge >= 0.3 is 5.97 Å². The van der Waals surface area contributed by atoms with Gasteiger partial charge in [0.25, 0.3) is 0 Å². The molecule has 0 spiro atoms. The molecule has 0 radical (unpaired) electrons. The van der Waals surface area contributed by atoms with Crippen molar-refractivity contribution >= 4 is 15.8 Å². The SMILES string of the molecule is Cc1ccccc1S(=O)(=O)C1(C(=O)O)CC1. The Morgan fingerprint density at radius 3 is 2.31 bits per heavy atom. The maximum Gasteiger partial charge on any atom is 0.325 e. The minimum absolute atomic E-state index is 0.134. The smallest absolute Gasteiger partial charge is 0.325 e. The van der Waals surface area contributed by atoms with E-state index in [0.717, 1.165) is 0 Å². The van der Waals surface area contributed by atoms with Gasteiger partial charge in [-0.1, -0.05) is 18.2 Å². The molecule has 1 saturated carbocycles. The highest BCUT2D eigenvalue weighted by Gasteiger charge is 2.61. The van der Waals surface area contributed by atoms with Crippen LogP contribution in [0.5, 0.6) is 0 Å². The van der Waals surface area contributed by atoms with Gasteiger partial charge in [0.2, 0.25) is 0 Å². The number of carboxylic acids is 1. The fourth-order valence-electron chi connectivity index (χ4n) is 1.78. The molecule has 0 amide bonds. The highest BCUT2D eigenvalue weighted by molar-refractivity contribution is 7.94. The quantitative estimate of drug-likeness (QED) is 0.866. The fraction of sp³-hybridized carbons (Fsp3) is 0.364. The van der Waals surface area contributed by atoms with Crippen LogP contribution in [-0.4, -0.2) is 24.2 Å². The Morgan fingerprint density at radius 1 is 1.31 bits per heavy atom. The molecule has 1 fully saturated rings. The zero-order chi connectivity index (χ0) is 12.0. The molecule has 0 aliphatic heterocycles. The number of carboxylic acid groups (broad SMARTS) is 1.